The molecule has 0 atom stereocenters. The van der Waals surface area contributed by atoms with Crippen molar-refractivity contribution in [1.29, 1.82) is 0 Å². The van der Waals surface area contributed by atoms with Crippen molar-refractivity contribution < 1.29 is 14.3 Å². The second-order valence-corrected chi connectivity index (χ2v) is 4.13. The summed E-state index contributed by atoms with van der Waals surface area (Å²) in [6.07, 6.45) is 8.63. The molecule has 0 spiro atoms. The molecular formula is C16H20O3. The van der Waals surface area contributed by atoms with Gasteiger partial charge in [-0.3, -0.25) is 4.79 Å². The predicted molar refractivity (Wildman–Crippen MR) is 76.1 cm³/mol. The molecule has 0 radical (unpaired) electrons. The topological polar surface area (TPSA) is 35.5 Å². The van der Waals surface area contributed by atoms with Crippen molar-refractivity contribution in [2.75, 3.05) is 14.2 Å². The van der Waals surface area contributed by atoms with Crippen molar-refractivity contribution in [2.24, 2.45) is 0 Å². The van der Waals surface area contributed by atoms with Gasteiger partial charge in [0.15, 0.2) is 11.6 Å². The van der Waals surface area contributed by atoms with Crippen molar-refractivity contribution in [3.63, 3.8) is 0 Å². The van der Waals surface area contributed by atoms with Gasteiger partial charge in [-0.2, -0.15) is 0 Å². The molecule has 0 aromatic heterocycles. The van der Waals surface area contributed by atoms with E-state index < -0.39 is 5.79 Å². The number of ether oxygens (including phenoxy) is 2. The first kappa shape index (κ1) is 15.3. The van der Waals surface area contributed by atoms with E-state index in [1.165, 1.54) is 0 Å². The average Bonchev–Trinajstić information content (AvgIpc) is 2.49. The predicted octanol–water partition coefficient (Wildman–Crippen LogP) is 3.38. The first-order chi connectivity index (χ1) is 9.13. The van der Waals surface area contributed by atoms with Crippen LogP contribution in [0.4, 0.5) is 0 Å². The van der Waals surface area contributed by atoms with Crippen LogP contribution in [0.2, 0.25) is 0 Å². The molecule has 1 aromatic carbocycles. The molecule has 0 saturated heterocycles. The second-order valence-electron chi connectivity index (χ2n) is 4.13. The highest BCUT2D eigenvalue weighted by Crippen LogP contribution is 2.21. The summed E-state index contributed by atoms with van der Waals surface area (Å²) in [6.45, 7) is 1.56. The molecule has 0 saturated carbocycles. The van der Waals surface area contributed by atoms with E-state index in [1.54, 1.807) is 21.1 Å². The van der Waals surface area contributed by atoms with Crippen LogP contribution in [-0.4, -0.2) is 25.8 Å². The molecule has 0 amide bonds. The van der Waals surface area contributed by atoms with E-state index in [-0.39, 0.29) is 5.78 Å². The molecule has 102 valence electrons. The van der Waals surface area contributed by atoms with E-state index in [1.807, 2.05) is 54.6 Å². The third-order valence-corrected chi connectivity index (χ3v) is 2.87. The summed E-state index contributed by atoms with van der Waals surface area (Å²) in [4.78, 5) is 10.6. The lowest BCUT2D eigenvalue weighted by molar-refractivity contribution is -0.167. The Kier molecular flexibility index (Phi) is 6.19. The molecule has 0 N–H and O–H groups in total. The molecule has 19 heavy (non-hydrogen) atoms. The number of rotatable bonds is 3. The van der Waals surface area contributed by atoms with Gasteiger partial charge in [0.05, 0.1) is 0 Å². The Hall–Kier alpha value is -1.71. The highest BCUT2D eigenvalue weighted by atomic mass is 16.7. The largest absolute Gasteiger partial charge is 0.349 e. The fourth-order valence-electron chi connectivity index (χ4n) is 1.64. The van der Waals surface area contributed by atoms with Crippen molar-refractivity contribution in [3.05, 3.63) is 60.2 Å². The monoisotopic (exact) mass is 260 g/mol. The van der Waals surface area contributed by atoms with Gasteiger partial charge in [-0.05, 0) is 13.0 Å². The summed E-state index contributed by atoms with van der Waals surface area (Å²) in [6, 6.07) is 9.23. The highest BCUT2D eigenvalue weighted by Gasteiger charge is 2.25. The number of ketones is 1. The van der Waals surface area contributed by atoms with Crippen LogP contribution in [0.5, 0.6) is 0 Å². The van der Waals surface area contributed by atoms with Crippen LogP contribution in [0, 0.1) is 0 Å². The van der Waals surface area contributed by atoms with Gasteiger partial charge in [-0.25, -0.2) is 0 Å². The van der Waals surface area contributed by atoms with Crippen LogP contribution < -0.4 is 0 Å². The zero-order valence-corrected chi connectivity index (χ0v) is 11.6. The minimum atomic E-state index is -0.505. The number of benzene rings is 1. The third-order valence-electron chi connectivity index (χ3n) is 2.87. The Morgan fingerprint density at radius 2 is 1.74 bits per heavy atom. The molecular weight excluding hydrogens is 240 g/mol. The van der Waals surface area contributed by atoms with Crippen molar-refractivity contribution in [2.45, 2.75) is 19.1 Å². The zero-order chi connectivity index (χ0) is 14.1. The first-order valence-corrected chi connectivity index (χ1v) is 6.14. The molecule has 2 rings (SSSR count). The molecule has 3 nitrogen and oxygen atoms in total. The molecule has 0 bridgehead atoms. The SMILES string of the molecule is CC(=O)c1ccccc1.COC1(OC)C=CC=CC1. The molecule has 1 aliphatic carbocycles. The summed E-state index contributed by atoms with van der Waals surface area (Å²) in [5, 5.41) is 0. The normalized spacial score (nSPS) is 15.5. The van der Waals surface area contributed by atoms with Crippen LogP contribution >= 0.6 is 0 Å². The molecule has 1 aromatic rings. The lowest BCUT2D eigenvalue weighted by Crippen LogP contribution is -2.31. The van der Waals surface area contributed by atoms with Gasteiger partial charge in [0, 0.05) is 26.2 Å². The van der Waals surface area contributed by atoms with Gasteiger partial charge in [0.1, 0.15) is 0 Å². The Labute approximate surface area is 114 Å². The minimum absolute atomic E-state index is 0.121. The van der Waals surface area contributed by atoms with Crippen LogP contribution in [0.15, 0.2) is 54.6 Å². The summed E-state index contributed by atoms with van der Waals surface area (Å²) in [5.41, 5.74) is 0.775. The molecule has 0 unspecified atom stereocenters. The van der Waals surface area contributed by atoms with Crippen molar-refractivity contribution >= 4 is 5.78 Å². The molecule has 0 heterocycles. The Bertz CT molecular complexity index is 442. The summed E-state index contributed by atoms with van der Waals surface area (Å²) in [5.74, 6) is -0.384. The van der Waals surface area contributed by atoms with Crippen LogP contribution in [0.3, 0.4) is 0 Å². The maximum atomic E-state index is 10.6. The molecule has 0 aliphatic heterocycles. The highest BCUT2D eigenvalue weighted by molar-refractivity contribution is 5.93. The third kappa shape index (κ3) is 4.81. The number of carbonyl (C=O) groups is 1. The second kappa shape index (κ2) is 7.67. The van der Waals surface area contributed by atoms with Crippen molar-refractivity contribution in [1.82, 2.24) is 0 Å². The lowest BCUT2D eigenvalue weighted by Gasteiger charge is -2.27. The van der Waals surface area contributed by atoms with Crippen LogP contribution in [0.1, 0.15) is 23.7 Å². The Balaban J connectivity index is 0.000000191. The number of allylic oxidation sites excluding steroid dienone is 2. The van der Waals surface area contributed by atoms with Gasteiger partial charge in [-0.15, -0.1) is 0 Å². The summed E-state index contributed by atoms with van der Waals surface area (Å²) < 4.78 is 10.3. The van der Waals surface area contributed by atoms with E-state index in [0.717, 1.165) is 12.0 Å². The van der Waals surface area contributed by atoms with Crippen LogP contribution in [-0.2, 0) is 9.47 Å². The molecule has 3 heteroatoms. The van der Waals surface area contributed by atoms with E-state index in [2.05, 4.69) is 0 Å². The summed E-state index contributed by atoms with van der Waals surface area (Å²) in [7, 11) is 3.29. The maximum Gasteiger partial charge on any atom is 0.190 e. The minimum Gasteiger partial charge on any atom is -0.349 e. The van der Waals surface area contributed by atoms with Gasteiger partial charge >= 0.3 is 0 Å². The molecule has 0 fully saturated rings. The number of hydrogen-bond donors (Lipinski definition) is 0. The number of Topliss-reactive ketones (excluding diaryl/α,β-unsaturated/α-hetero) is 1. The Morgan fingerprint density at radius 3 is 2.05 bits per heavy atom. The maximum absolute atomic E-state index is 10.6. The van der Waals surface area contributed by atoms with Crippen LogP contribution in [0.25, 0.3) is 0 Å². The standard InChI is InChI=1S/C8H12O2.C8H8O/c1-9-8(10-2)6-4-3-5-7-8;1-7(9)8-5-3-2-4-6-8/h3-6H,7H2,1-2H3;2-6H,1H3. The fourth-order valence-corrected chi connectivity index (χ4v) is 1.64. The van der Waals surface area contributed by atoms with Gasteiger partial charge in [-0.1, -0.05) is 48.6 Å². The van der Waals surface area contributed by atoms with Gasteiger partial charge in [0.2, 0.25) is 0 Å². The fraction of sp³-hybridized carbons (Fsp3) is 0.312. The van der Waals surface area contributed by atoms with E-state index in [4.69, 9.17) is 9.47 Å². The van der Waals surface area contributed by atoms with Gasteiger partial charge < -0.3 is 9.47 Å². The average molecular weight is 260 g/mol. The van der Waals surface area contributed by atoms with E-state index in [0.29, 0.717) is 0 Å². The Morgan fingerprint density at radius 1 is 1.11 bits per heavy atom. The quantitative estimate of drug-likeness (QED) is 0.617. The number of carbonyl (C=O) groups excluding carboxylic acids is 1. The zero-order valence-electron chi connectivity index (χ0n) is 11.6. The number of methoxy groups -OCH3 is 2. The number of hydrogen-bond acceptors (Lipinski definition) is 3. The molecule has 1 aliphatic rings. The first-order valence-electron chi connectivity index (χ1n) is 6.14. The lowest BCUT2D eigenvalue weighted by atomic mass is 10.1. The van der Waals surface area contributed by atoms with E-state index in [9.17, 15) is 4.79 Å². The van der Waals surface area contributed by atoms with Crippen molar-refractivity contribution in [3.8, 4) is 0 Å². The van der Waals surface area contributed by atoms with E-state index >= 15 is 0 Å². The smallest absolute Gasteiger partial charge is 0.190 e. The summed E-state index contributed by atoms with van der Waals surface area (Å²) >= 11 is 0. The van der Waals surface area contributed by atoms with Gasteiger partial charge in [0.25, 0.3) is 0 Å².